The van der Waals surface area contributed by atoms with E-state index in [4.69, 9.17) is 14.6 Å². The summed E-state index contributed by atoms with van der Waals surface area (Å²) < 4.78 is 19.4. The normalized spacial score (nSPS) is 9.59. The molecule has 2 aromatic carbocycles. The van der Waals surface area contributed by atoms with Crippen molar-refractivity contribution in [3.05, 3.63) is 59.7 Å². The van der Waals surface area contributed by atoms with Crippen molar-refractivity contribution in [2.24, 2.45) is 0 Å². The van der Waals surface area contributed by atoms with Gasteiger partial charge in [0.15, 0.2) is 0 Å². The zero-order valence-corrected chi connectivity index (χ0v) is 15.6. The van der Waals surface area contributed by atoms with E-state index in [-0.39, 0.29) is 11.7 Å². The molecule has 1 N–H and O–H groups in total. The number of methoxy groups -OCH3 is 3. The molecule has 0 fully saturated rings. The zero-order valence-electron chi connectivity index (χ0n) is 15.6. The Morgan fingerprint density at radius 3 is 2.00 bits per heavy atom. The van der Waals surface area contributed by atoms with E-state index < -0.39 is 5.97 Å². The second-order valence-corrected chi connectivity index (χ2v) is 5.26. The molecule has 0 radical (unpaired) electrons. The molecule has 0 aromatic heterocycles. The first-order valence-electron chi connectivity index (χ1n) is 8.19. The lowest BCUT2D eigenvalue weighted by molar-refractivity contribution is 0.0591. The Kier molecular flexibility index (Phi) is 10.0. The lowest BCUT2D eigenvalue weighted by Gasteiger charge is -2.06. The Labute approximate surface area is 158 Å². The Hall–Kier alpha value is -3.06. The summed E-state index contributed by atoms with van der Waals surface area (Å²) in [5.74, 6) is -0.0739. The second-order valence-electron chi connectivity index (χ2n) is 5.26. The van der Waals surface area contributed by atoms with Crippen molar-refractivity contribution in [1.29, 1.82) is 0 Å². The van der Waals surface area contributed by atoms with Crippen LogP contribution in [0.4, 0.5) is 0 Å². The van der Waals surface area contributed by atoms with Gasteiger partial charge in [-0.3, -0.25) is 0 Å². The minimum absolute atomic E-state index is 0.0629. The van der Waals surface area contributed by atoms with E-state index in [1.807, 2.05) is 0 Å². The molecule has 0 amide bonds. The summed E-state index contributed by atoms with van der Waals surface area (Å²) in [6.45, 7) is 1.23. The topological polar surface area (TPSA) is 91.3 Å². The number of ether oxygens (including phenoxy) is 4. The van der Waals surface area contributed by atoms with E-state index in [0.29, 0.717) is 30.1 Å². The van der Waals surface area contributed by atoms with Crippen LogP contribution in [0, 0.1) is 0 Å². The van der Waals surface area contributed by atoms with Crippen LogP contribution < -0.4 is 4.74 Å². The number of phenols is 1. The molecule has 7 nitrogen and oxygen atoms in total. The molecule has 0 aliphatic heterocycles. The van der Waals surface area contributed by atoms with Gasteiger partial charge in [-0.15, -0.1) is 0 Å². The van der Waals surface area contributed by atoms with Crippen molar-refractivity contribution in [1.82, 2.24) is 0 Å². The molecule has 0 spiro atoms. The average Bonchev–Trinajstić information content (AvgIpc) is 2.70. The predicted molar refractivity (Wildman–Crippen MR) is 99.2 cm³/mol. The number of rotatable bonds is 7. The molecule has 2 aromatic rings. The fraction of sp³-hybridized carbons (Fsp3) is 0.300. The molecule has 0 bridgehead atoms. The van der Waals surface area contributed by atoms with Crippen LogP contribution in [-0.2, 0) is 14.2 Å². The van der Waals surface area contributed by atoms with Gasteiger partial charge >= 0.3 is 11.9 Å². The van der Waals surface area contributed by atoms with Crippen LogP contribution in [0.5, 0.6) is 11.5 Å². The summed E-state index contributed by atoms with van der Waals surface area (Å²) >= 11 is 0. The van der Waals surface area contributed by atoms with E-state index >= 15 is 0 Å². The average molecular weight is 376 g/mol. The Bertz CT molecular complexity index is 728. The number of aromatic hydroxyl groups is 1. The summed E-state index contributed by atoms with van der Waals surface area (Å²) in [5.41, 5.74) is 0.847. The highest BCUT2D eigenvalue weighted by Gasteiger charge is 2.06. The fourth-order valence-corrected chi connectivity index (χ4v) is 1.97. The Balaban J connectivity index is 0.000000289. The highest BCUT2D eigenvalue weighted by Crippen LogP contribution is 2.14. The number of carbonyl (C=O) groups excluding carboxylic acids is 2. The summed E-state index contributed by atoms with van der Waals surface area (Å²) in [7, 11) is 4.30. The fourth-order valence-electron chi connectivity index (χ4n) is 1.97. The minimum Gasteiger partial charge on any atom is -0.508 e. The molecule has 0 atom stereocenters. The molecule has 0 unspecified atom stereocenters. The van der Waals surface area contributed by atoms with E-state index in [9.17, 15) is 9.59 Å². The first-order chi connectivity index (χ1) is 13.0. The Morgan fingerprint density at radius 1 is 0.852 bits per heavy atom. The van der Waals surface area contributed by atoms with Gasteiger partial charge in [-0.25, -0.2) is 9.59 Å². The van der Waals surface area contributed by atoms with Crippen LogP contribution in [0.3, 0.4) is 0 Å². The lowest BCUT2D eigenvalue weighted by atomic mass is 10.2. The van der Waals surface area contributed by atoms with Crippen molar-refractivity contribution in [2.75, 3.05) is 34.5 Å². The molecule has 0 saturated heterocycles. The molecular formula is C20H24O7. The smallest absolute Gasteiger partial charge is 0.337 e. The number of hydrogen-bond donors (Lipinski definition) is 1. The van der Waals surface area contributed by atoms with Crippen molar-refractivity contribution in [3.63, 3.8) is 0 Å². The zero-order chi connectivity index (χ0) is 20.1. The highest BCUT2D eigenvalue weighted by atomic mass is 16.5. The monoisotopic (exact) mass is 376 g/mol. The largest absolute Gasteiger partial charge is 0.508 e. The van der Waals surface area contributed by atoms with Gasteiger partial charge in [0.05, 0.1) is 32.0 Å². The number of hydrogen-bond acceptors (Lipinski definition) is 7. The molecule has 0 aliphatic carbocycles. The van der Waals surface area contributed by atoms with Crippen LogP contribution in [0.15, 0.2) is 48.5 Å². The van der Waals surface area contributed by atoms with E-state index in [1.54, 1.807) is 43.5 Å². The number of phenolic OH excluding ortho intramolecular Hbond substituents is 1. The summed E-state index contributed by atoms with van der Waals surface area (Å²) in [5, 5.41) is 8.95. The van der Waals surface area contributed by atoms with Crippen molar-refractivity contribution in [2.45, 2.75) is 6.42 Å². The Morgan fingerprint density at radius 2 is 1.44 bits per heavy atom. The van der Waals surface area contributed by atoms with E-state index in [1.165, 1.54) is 26.4 Å². The van der Waals surface area contributed by atoms with Crippen LogP contribution in [0.1, 0.15) is 27.1 Å². The third-order valence-corrected chi connectivity index (χ3v) is 3.28. The molecule has 0 aliphatic rings. The highest BCUT2D eigenvalue weighted by molar-refractivity contribution is 5.90. The second kappa shape index (κ2) is 12.3. The van der Waals surface area contributed by atoms with Gasteiger partial charge < -0.3 is 24.1 Å². The molecule has 0 heterocycles. The maximum Gasteiger partial charge on any atom is 0.337 e. The number of carbonyl (C=O) groups is 2. The van der Waals surface area contributed by atoms with Crippen LogP contribution >= 0.6 is 0 Å². The molecule has 146 valence electrons. The van der Waals surface area contributed by atoms with Gasteiger partial charge in [0.2, 0.25) is 0 Å². The van der Waals surface area contributed by atoms with Crippen molar-refractivity contribution in [3.8, 4) is 11.5 Å². The molecular weight excluding hydrogens is 352 g/mol. The van der Waals surface area contributed by atoms with Crippen LogP contribution in [0.2, 0.25) is 0 Å². The molecule has 2 rings (SSSR count). The molecule has 0 saturated carbocycles. The minimum atomic E-state index is -0.444. The van der Waals surface area contributed by atoms with Gasteiger partial charge in [-0.05, 0) is 36.4 Å². The quantitative estimate of drug-likeness (QED) is 0.586. The number of esters is 2. The standard InChI is InChI=1S/C12H16O4.C8H8O3/c1-14-7-4-8-16-11-6-3-5-10(9-11)12(13)15-2;1-11-8(10)6-3-2-4-7(9)5-6/h3,5-6,9H,4,7-8H2,1-2H3;2-5,9H,1H3. The van der Waals surface area contributed by atoms with Gasteiger partial charge in [-0.1, -0.05) is 12.1 Å². The van der Waals surface area contributed by atoms with Gasteiger partial charge in [0, 0.05) is 20.1 Å². The van der Waals surface area contributed by atoms with E-state index in [2.05, 4.69) is 9.47 Å². The molecule has 27 heavy (non-hydrogen) atoms. The van der Waals surface area contributed by atoms with Gasteiger partial charge in [0.1, 0.15) is 11.5 Å². The summed E-state index contributed by atoms with van der Waals surface area (Å²) in [6.07, 6.45) is 0.818. The van der Waals surface area contributed by atoms with Crippen molar-refractivity contribution < 1.29 is 33.6 Å². The first kappa shape index (κ1) is 22.0. The summed E-state index contributed by atoms with van der Waals surface area (Å²) in [4.78, 5) is 22.1. The first-order valence-corrected chi connectivity index (χ1v) is 8.19. The van der Waals surface area contributed by atoms with E-state index in [0.717, 1.165) is 6.42 Å². The lowest BCUT2D eigenvalue weighted by Crippen LogP contribution is -2.04. The molecule has 7 heteroatoms. The summed E-state index contributed by atoms with van der Waals surface area (Å²) in [6, 6.07) is 12.9. The van der Waals surface area contributed by atoms with Crippen LogP contribution in [0.25, 0.3) is 0 Å². The maximum atomic E-state index is 11.2. The van der Waals surface area contributed by atoms with Crippen molar-refractivity contribution >= 4 is 11.9 Å². The maximum absolute atomic E-state index is 11.2. The third-order valence-electron chi connectivity index (χ3n) is 3.28. The van der Waals surface area contributed by atoms with Gasteiger partial charge in [-0.2, -0.15) is 0 Å². The third kappa shape index (κ3) is 8.24. The number of benzene rings is 2. The predicted octanol–water partition coefficient (Wildman–Crippen LogP) is 3.07. The van der Waals surface area contributed by atoms with Gasteiger partial charge in [0.25, 0.3) is 0 Å². The van der Waals surface area contributed by atoms with Crippen LogP contribution in [-0.4, -0.2) is 51.6 Å². The SMILES string of the molecule is COC(=O)c1cccc(O)c1.COCCCOc1cccc(C(=O)OC)c1.